The molecule has 0 saturated heterocycles. The van der Waals surface area contributed by atoms with Gasteiger partial charge in [0.2, 0.25) is 0 Å². The van der Waals surface area contributed by atoms with Crippen molar-refractivity contribution in [2.75, 3.05) is 20.3 Å². The third-order valence-electron chi connectivity index (χ3n) is 4.64. The fraction of sp³-hybridized carbons (Fsp3) is 0.167. The molecule has 7 heteroatoms. The Morgan fingerprint density at radius 2 is 1.81 bits per heavy atom. The summed E-state index contributed by atoms with van der Waals surface area (Å²) in [6.07, 6.45) is 3.99. The summed E-state index contributed by atoms with van der Waals surface area (Å²) in [6.45, 7) is 0.741. The molecule has 1 amide bonds. The van der Waals surface area contributed by atoms with E-state index in [1.54, 1.807) is 18.9 Å². The van der Waals surface area contributed by atoms with Gasteiger partial charge in [0, 0.05) is 23.0 Å². The van der Waals surface area contributed by atoms with E-state index < -0.39 is 0 Å². The van der Waals surface area contributed by atoms with Crippen molar-refractivity contribution in [3.8, 4) is 11.5 Å². The molecule has 4 rings (SSSR count). The average Bonchev–Trinajstić information content (AvgIpc) is 3.24. The van der Waals surface area contributed by atoms with Crippen LogP contribution < -0.4 is 14.8 Å². The first-order chi connectivity index (χ1) is 15.2. The Labute approximate surface area is 185 Å². The fourth-order valence-electron chi connectivity index (χ4n) is 3.15. The van der Waals surface area contributed by atoms with Crippen molar-refractivity contribution in [2.24, 2.45) is 0 Å². The minimum Gasteiger partial charge on any atom is -0.493 e. The number of benzene rings is 2. The Morgan fingerprint density at radius 3 is 2.65 bits per heavy atom. The van der Waals surface area contributed by atoms with Crippen molar-refractivity contribution in [1.29, 1.82) is 0 Å². The summed E-state index contributed by atoms with van der Waals surface area (Å²) in [5.41, 5.74) is 2.53. The molecule has 0 radical (unpaired) electrons. The van der Waals surface area contributed by atoms with Crippen LogP contribution in [-0.4, -0.2) is 35.6 Å². The number of pyridine rings is 1. The molecule has 0 atom stereocenters. The first-order valence-corrected chi connectivity index (χ1v) is 10.9. The van der Waals surface area contributed by atoms with Crippen LogP contribution >= 0.6 is 11.8 Å². The molecule has 2 heterocycles. The Bertz CT molecular complexity index is 1140. The van der Waals surface area contributed by atoms with Crippen LogP contribution in [0.2, 0.25) is 0 Å². The van der Waals surface area contributed by atoms with Gasteiger partial charge in [0.1, 0.15) is 12.3 Å². The molecule has 2 aromatic heterocycles. The smallest absolute Gasteiger partial charge is 0.252 e. The van der Waals surface area contributed by atoms with Crippen molar-refractivity contribution in [1.82, 2.24) is 14.7 Å². The van der Waals surface area contributed by atoms with Crippen LogP contribution in [0.5, 0.6) is 11.5 Å². The van der Waals surface area contributed by atoms with E-state index in [9.17, 15) is 4.79 Å². The predicted octanol–water partition coefficient (Wildman–Crippen LogP) is 4.44. The molecule has 0 fully saturated rings. The molecular formula is C24H23N3O3S. The van der Waals surface area contributed by atoms with Crippen molar-refractivity contribution in [3.05, 3.63) is 90.4 Å². The molecule has 31 heavy (non-hydrogen) atoms. The lowest BCUT2D eigenvalue weighted by atomic mass is 10.2. The van der Waals surface area contributed by atoms with Crippen LogP contribution in [0, 0.1) is 0 Å². The lowest BCUT2D eigenvalue weighted by Crippen LogP contribution is -2.28. The normalized spacial score (nSPS) is 10.7. The van der Waals surface area contributed by atoms with Gasteiger partial charge in [-0.15, -0.1) is 11.8 Å². The van der Waals surface area contributed by atoms with Crippen LogP contribution in [-0.2, 0) is 5.75 Å². The average molecular weight is 434 g/mol. The number of rotatable bonds is 9. The number of nitrogens with one attached hydrogen (secondary N) is 1. The number of carbonyl (C=O) groups is 1. The van der Waals surface area contributed by atoms with Gasteiger partial charge in [-0.25, -0.2) is 4.98 Å². The van der Waals surface area contributed by atoms with Crippen molar-refractivity contribution in [3.63, 3.8) is 0 Å². The van der Waals surface area contributed by atoms with E-state index in [0.717, 1.165) is 16.2 Å². The molecule has 0 aliphatic heterocycles. The van der Waals surface area contributed by atoms with Gasteiger partial charge in [0.05, 0.1) is 24.9 Å². The molecule has 4 aromatic rings. The van der Waals surface area contributed by atoms with Crippen LogP contribution in [0.15, 0.2) is 84.0 Å². The van der Waals surface area contributed by atoms with E-state index in [4.69, 9.17) is 9.47 Å². The van der Waals surface area contributed by atoms with Crippen molar-refractivity contribution in [2.45, 2.75) is 10.6 Å². The molecule has 0 unspecified atom stereocenters. The van der Waals surface area contributed by atoms with Gasteiger partial charge in [-0.1, -0.05) is 30.3 Å². The Kier molecular flexibility index (Phi) is 6.74. The Balaban J connectivity index is 1.33. The van der Waals surface area contributed by atoms with Gasteiger partial charge < -0.3 is 19.2 Å². The van der Waals surface area contributed by atoms with Crippen LogP contribution in [0.25, 0.3) is 5.65 Å². The molecule has 0 aliphatic carbocycles. The number of thioether (sulfide) groups is 1. The maximum absolute atomic E-state index is 12.7. The summed E-state index contributed by atoms with van der Waals surface area (Å²) in [5.74, 6) is 1.88. The highest BCUT2D eigenvalue weighted by Crippen LogP contribution is 2.27. The van der Waals surface area contributed by atoms with E-state index in [1.165, 1.54) is 0 Å². The van der Waals surface area contributed by atoms with E-state index >= 15 is 0 Å². The topological polar surface area (TPSA) is 64.9 Å². The second kappa shape index (κ2) is 10.0. The molecule has 0 aliphatic rings. The number of para-hydroxylation sites is 2. The highest BCUT2D eigenvalue weighted by molar-refractivity contribution is 7.98. The summed E-state index contributed by atoms with van der Waals surface area (Å²) in [4.78, 5) is 18.3. The lowest BCUT2D eigenvalue weighted by molar-refractivity contribution is 0.0944. The molecular weight excluding hydrogens is 410 g/mol. The highest BCUT2D eigenvalue weighted by Gasteiger charge is 2.12. The summed E-state index contributed by atoms with van der Waals surface area (Å²) < 4.78 is 13.0. The molecule has 6 nitrogen and oxygen atoms in total. The molecule has 0 bridgehead atoms. The van der Waals surface area contributed by atoms with Gasteiger partial charge in [0.15, 0.2) is 11.5 Å². The second-order valence-corrected chi connectivity index (χ2v) is 7.76. The largest absolute Gasteiger partial charge is 0.493 e. The van der Waals surface area contributed by atoms with E-state index in [0.29, 0.717) is 36.0 Å². The van der Waals surface area contributed by atoms with Crippen LogP contribution in [0.1, 0.15) is 16.1 Å². The number of carbonyl (C=O) groups excluding carboxylic acids is 1. The van der Waals surface area contributed by atoms with Gasteiger partial charge in [-0.2, -0.15) is 0 Å². The van der Waals surface area contributed by atoms with Crippen molar-refractivity contribution < 1.29 is 14.3 Å². The third kappa shape index (κ3) is 5.19. The van der Waals surface area contributed by atoms with E-state index in [2.05, 4.69) is 10.3 Å². The van der Waals surface area contributed by atoms with Gasteiger partial charge in [-0.3, -0.25) is 4.79 Å². The minimum atomic E-state index is -0.123. The predicted molar refractivity (Wildman–Crippen MR) is 122 cm³/mol. The zero-order valence-electron chi connectivity index (χ0n) is 17.2. The molecule has 158 valence electrons. The fourth-order valence-corrected chi connectivity index (χ4v) is 4.08. The molecule has 0 saturated carbocycles. The first-order valence-electron chi connectivity index (χ1n) is 9.93. The van der Waals surface area contributed by atoms with Crippen molar-refractivity contribution >= 4 is 23.3 Å². The zero-order valence-corrected chi connectivity index (χ0v) is 18.0. The number of amides is 1. The van der Waals surface area contributed by atoms with Gasteiger partial charge >= 0.3 is 0 Å². The maximum atomic E-state index is 12.7. The number of nitrogens with zero attached hydrogens (tertiary/aromatic N) is 2. The van der Waals surface area contributed by atoms with Crippen LogP contribution in [0.4, 0.5) is 0 Å². The number of aromatic nitrogens is 2. The molecule has 2 aromatic carbocycles. The van der Waals surface area contributed by atoms with E-state index in [-0.39, 0.29) is 5.91 Å². The number of hydrogen-bond acceptors (Lipinski definition) is 5. The molecule has 0 spiro atoms. The highest BCUT2D eigenvalue weighted by atomic mass is 32.2. The minimum absolute atomic E-state index is 0.123. The molecule has 1 N–H and O–H groups in total. The Morgan fingerprint density at radius 1 is 1.03 bits per heavy atom. The van der Waals surface area contributed by atoms with Crippen LogP contribution in [0.3, 0.4) is 0 Å². The Hall–Kier alpha value is -3.45. The zero-order chi connectivity index (χ0) is 21.5. The maximum Gasteiger partial charge on any atom is 0.252 e. The monoisotopic (exact) mass is 433 g/mol. The standard InChI is InChI=1S/C24H23N3O3S/c1-29-20-9-3-4-10-21(20)30-15-13-25-24(28)19-8-2-5-11-22(19)31-17-18-16-27-14-7-6-12-23(27)26-18/h2-12,14,16H,13,15,17H2,1H3,(H,25,28). The summed E-state index contributed by atoms with van der Waals surface area (Å²) in [7, 11) is 1.60. The van der Waals surface area contributed by atoms with E-state index in [1.807, 2.05) is 83.5 Å². The SMILES string of the molecule is COc1ccccc1OCCNC(=O)c1ccccc1SCc1cn2ccccc2n1. The second-order valence-electron chi connectivity index (χ2n) is 6.74. The number of hydrogen-bond donors (Lipinski definition) is 1. The first kappa shape index (κ1) is 20.8. The quantitative estimate of drug-likeness (QED) is 0.312. The van der Waals surface area contributed by atoms with Gasteiger partial charge in [-0.05, 0) is 36.4 Å². The number of ether oxygens (including phenoxy) is 2. The summed E-state index contributed by atoms with van der Waals surface area (Å²) in [6, 6.07) is 21.0. The third-order valence-corrected chi connectivity index (χ3v) is 5.74. The number of imidazole rings is 1. The summed E-state index contributed by atoms with van der Waals surface area (Å²) >= 11 is 1.60. The summed E-state index contributed by atoms with van der Waals surface area (Å²) in [5, 5.41) is 2.93. The number of fused-ring (bicyclic) bond motifs is 1. The number of methoxy groups -OCH3 is 1. The van der Waals surface area contributed by atoms with Gasteiger partial charge in [0.25, 0.3) is 5.91 Å². The lowest BCUT2D eigenvalue weighted by Gasteiger charge is -2.12.